The number of fused-ring (bicyclic) bond motifs is 3. The Morgan fingerprint density at radius 2 is 1.82 bits per heavy atom. The number of imidazole rings is 1. The minimum absolute atomic E-state index is 0.170. The van der Waals surface area contributed by atoms with Crippen LogP contribution in [0.3, 0.4) is 0 Å². The van der Waals surface area contributed by atoms with E-state index in [0.29, 0.717) is 41.8 Å². The van der Waals surface area contributed by atoms with Crippen molar-refractivity contribution in [2.45, 2.75) is 56.4 Å². The third-order valence-corrected chi connectivity index (χ3v) is 11.5. The molecule has 9 heteroatoms. The average Bonchev–Trinajstić information content (AvgIpc) is 3.48. The summed E-state index contributed by atoms with van der Waals surface area (Å²) in [5.74, 6) is 0.700. The highest BCUT2D eigenvalue weighted by molar-refractivity contribution is 7.88. The number of hydrogen-bond acceptors (Lipinski definition) is 4. The maximum atomic E-state index is 15.0. The van der Waals surface area contributed by atoms with Crippen molar-refractivity contribution in [2.75, 3.05) is 6.54 Å². The van der Waals surface area contributed by atoms with Gasteiger partial charge in [0.25, 0.3) is 0 Å². The number of aliphatic hydroxyl groups is 1. The van der Waals surface area contributed by atoms with Crippen molar-refractivity contribution in [1.29, 1.82) is 0 Å². The summed E-state index contributed by atoms with van der Waals surface area (Å²) in [7, 11) is -3.55. The number of aromatic nitrogens is 2. The van der Waals surface area contributed by atoms with E-state index in [0.717, 1.165) is 43.4 Å². The van der Waals surface area contributed by atoms with Gasteiger partial charge in [-0.3, -0.25) is 0 Å². The molecule has 5 aliphatic rings. The molecular weight excluding hydrogens is 520 g/mol. The molecule has 4 fully saturated rings. The van der Waals surface area contributed by atoms with Crippen LogP contribution in [0.1, 0.15) is 55.7 Å². The van der Waals surface area contributed by atoms with Crippen molar-refractivity contribution in [2.24, 2.45) is 29.1 Å². The maximum Gasteiger partial charge on any atom is 0.215 e. The standard InChI is InChI=1S/C30H33F2N3O3S/c31-22-6-4-18(5-7-22)16-39(37,38)34-14-24-20-8-19-9-21(24)13-30(11-19,12-20)28(36)10-26-29-23(2-1-3-25(29)32)27-15-33-17-35(26)27/h1-7,15,17,19-21,24,26,28,34,36H,8-14,16H2. The van der Waals surface area contributed by atoms with Crippen LogP contribution in [-0.4, -0.2) is 35.7 Å². The van der Waals surface area contributed by atoms with Gasteiger partial charge in [-0.25, -0.2) is 26.9 Å². The number of hydrogen-bond donors (Lipinski definition) is 2. The summed E-state index contributed by atoms with van der Waals surface area (Å²) in [6, 6.07) is 10.4. The molecule has 39 heavy (non-hydrogen) atoms. The van der Waals surface area contributed by atoms with Crippen LogP contribution >= 0.6 is 0 Å². The molecule has 0 saturated heterocycles. The van der Waals surface area contributed by atoms with Gasteiger partial charge in [-0.05, 0) is 91.4 Å². The minimum Gasteiger partial charge on any atom is -0.392 e. The molecule has 8 rings (SSSR count). The molecule has 0 spiro atoms. The van der Waals surface area contributed by atoms with E-state index < -0.39 is 16.1 Å². The van der Waals surface area contributed by atoms with Crippen molar-refractivity contribution in [1.82, 2.24) is 14.3 Å². The molecule has 206 valence electrons. The molecule has 2 aromatic carbocycles. The van der Waals surface area contributed by atoms with E-state index in [1.165, 1.54) is 30.3 Å². The van der Waals surface area contributed by atoms with Crippen LogP contribution < -0.4 is 4.72 Å². The Labute approximate surface area is 227 Å². The Bertz CT molecular complexity index is 1490. The van der Waals surface area contributed by atoms with Crippen LogP contribution in [0.5, 0.6) is 0 Å². The van der Waals surface area contributed by atoms with Gasteiger partial charge in [-0.1, -0.05) is 24.3 Å². The number of halogens is 2. The smallest absolute Gasteiger partial charge is 0.215 e. The zero-order chi connectivity index (χ0) is 26.9. The van der Waals surface area contributed by atoms with Gasteiger partial charge in [0.2, 0.25) is 10.0 Å². The van der Waals surface area contributed by atoms with Crippen LogP contribution in [0.15, 0.2) is 55.0 Å². The summed E-state index contributed by atoms with van der Waals surface area (Å²) in [6.07, 6.45) is 8.24. The SMILES string of the molecule is O=S(=O)(Cc1ccc(F)cc1)NCC1C2CC3CC1CC(C(O)CC1c4c(F)cccc4-c4cncn41)(C3)C2. The Kier molecular flexibility index (Phi) is 5.99. The average molecular weight is 554 g/mol. The van der Waals surface area contributed by atoms with Gasteiger partial charge in [0.15, 0.2) is 0 Å². The summed E-state index contributed by atoms with van der Waals surface area (Å²) >= 11 is 0. The lowest BCUT2D eigenvalue weighted by atomic mass is 9.44. The molecule has 4 atom stereocenters. The fourth-order valence-corrected chi connectivity index (χ4v) is 9.88. The predicted octanol–water partition coefficient (Wildman–Crippen LogP) is 5.04. The Morgan fingerprint density at radius 1 is 1.08 bits per heavy atom. The highest BCUT2D eigenvalue weighted by Gasteiger charge is 2.58. The second kappa shape index (κ2) is 9.21. The van der Waals surface area contributed by atoms with Crippen LogP contribution in [-0.2, 0) is 15.8 Å². The molecular formula is C30H33F2N3O3S. The summed E-state index contributed by atoms with van der Waals surface area (Å²) in [5, 5.41) is 11.8. The van der Waals surface area contributed by atoms with Crippen LogP contribution in [0, 0.1) is 40.7 Å². The first-order chi connectivity index (χ1) is 18.7. The van der Waals surface area contributed by atoms with E-state index in [1.54, 1.807) is 18.6 Å². The Morgan fingerprint density at radius 3 is 2.56 bits per heavy atom. The summed E-state index contributed by atoms with van der Waals surface area (Å²) in [5.41, 5.74) is 2.73. The molecule has 4 aliphatic carbocycles. The zero-order valence-electron chi connectivity index (χ0n) is 21.6. The number of nitrogens with zero attached hydrogens (tertiary/aromatic N) is 2. The van der Waals surface area contributed by atoms with Gasteiger partial charge in [0, 0.05) is 17.7 Å². The van der Waals surface area contributed by atoms with Gasteiger partial charge >= 0.3 is 0 Å². The molecule has 0 radical (unpaired) electrons. The zero-order valence-corrected chi connectivity index (χ0v) is 22.5. The highest BCUT2D eigenvalue weighted by Crippen LogP contribution is 2.64. The van der Waals surface area contributed by atoms with Crippen LogP contribution in [0.4, 0.5) is 8.78 Å². The summed E-state index contributed by atoms with van der Waals surface area (Å²) in [6.45, 7) is 0.400. The van der Waals surface area contributed by atoms with Gasteiger partial charge in [-0.2, -0.15) is 0 Å². The molecule has 2 heterocycles. The third kappa shape index (κ3) is 4.33. The van der Waals surface area contributed by atoms with Crippen molar-refractivity contribution >= 4 is 10.0 Å². The number of benzene rings is 2. The number of sulfonamides is 1. The summed E-state index contributed by atoms with van der Waals surface area (Å²) in [4.78, 5) is 4.29. The Hall–Kier alpha value is -2.62. The molecule has 0 amide bonds. The van der Waals surface area contributed by atoms with Crippen molar-refractivity contribution < 1.29 is 22.3 Å². The van der Waals surface area contributed by atoms with Crippen molar-refractivity contribution in [3.8, 4) is 11.3 Å². The first-order valence-electron chi connectivity index (χ1n) is 13.9. The highest BCUT2D eigenvalue weighted by atomic mass is 32.2. The molecule has 1 aromatic heterocycles. The molecule has 2 N–H and O–H groups in total. The van der Waals surface area contributed by atoms with Crippen molar-refractivity contribution in [3.05, 3.63) is 77.8 Å². The lowest BCUT2D eigenvalue weighted by Crippen LogP contribution is -2.57. The second-order valence-electron chi connectivity index (χ2n) is 12.4. The number of nitrogens with one attached hydrogen (secondary N) is 1. The van der Waals surface area contributed by atoms with E-state index in [4.69, 9.17) is 0 Å². The van der Waals surface area contributed by atoms with Crippen LogP contribution in [0.2, 0.25) is 0 Å². The monoisotopic (exact) mass is 553 g/mol. The maximum absolute atomic E-state index is 15.0. The van der Waals surface area contributed by atoms with Gasteiger partial charge in [0.05, 0.1) is 36.1 Å². The largest absolute Gasteiger partial charge is 0.392 e. The minimum atomic E-state index is -3.55. The third-order valence-electron chi connectivity index (χ3n) is 10.1. The first kappa shape index (κ1) is 25.4. The van der Waals surface area contributed by atoms with Gasteiger partial charge in [-0.15, -0.1) is 0 Å². The molecule has 4 saturated carbocycles. The van der Waals surface area contributed by atoms with E-state index in [1.807, 2.05) is 10.6 Å². The van der Waals surface area contributed by atoms with Gasteiger partial charge < -0.3 is 9.67 Å². The quantitative estimate of drug-likeness (QED) is 0.409. The topological polar surface area (TPSA) is 84.2 Å². The first-order valence-corrected chi connectivity index (χ1v) is 15.6. The molecule has 4 unspecified atom stereocenters. The van der Waals surface area contributed by atoms with E-state index in [2.05, 4.69) is 9.71 Å². The van der Waals surface area contributed by atoms with Crippen LogP contribution in [0.25, 0.3) is 11.3 Å². The normalized spacial score (nSPS) is 31.3. The van der Waals surface area contributed by atoms with Crippen molar-refractivity contribution in [3.63, 3.8) is 0 Å². The predicted molar refractivity (Wildman–Crippen MR) is 143 cm³/mol. The van der Waals surface area contributed by atoms with E-state index in [9.17, 15) is 22.3 Å². The van der Waals surface area contributed by atoms with E-state index >= 15 is 0 Å². The Balaban J connectivity index is 1.06. The molecule has 3 aromatic rings. The fraction of sp³-hybridized carbons (Fsp3) is 0.500. The molecule has 1 aliphatic heterocycles. The second-order valence-corrected chi connectivity index (χ2v) is 14.2. The summed E-state index contributed by atoms with van der Waals surface area (Å²) < 4.78 is 58.7. The molecule has 6 nitrogen and oxygen atoms in total. The number of rotatable bonds is 8. The lowest BCUT2D eigenvalue weighted by molar-refractivity contribution is -0.148. The van der Waals surface area contributed by atoms with Gasteiger partial charge in [0.1, 0.15) is 11.6 Å². The van der Waals surface area contributed by atoms with E-state index in [-0.39, 0.29) is 34.8 Å². The number of aliphatic hydroxyl groups excluding tert-OH is 1. The fourth-order valence-electron chi connectivity index (χ4n) is 8.70. The molecule has 4 bridgehead atoms. The lowest BCUT2D eigenvalue weighted by Gasteiger charge is -2.61.